The number of nitrogens with zero attached hydrogens (tertiary/aromatic N) is 3. The van der Waals surface area contributed by atoms with Crippen molar-refractivity contribution in [1.29, 1.82) is 5.26 Å². The van der Waals surface area contributed by atoms with Gasteiger partial charge in [0.2, 0.25) is 0 Å². The second-order valence-corrected chi connectivity index (χ2v) is 9.42. The SMILES string of the molecule is C=CCN(Cc1ccc(C#N)cc1)C(=O)c1ccc(S(=O)(=O)N(C)c2ccccc2OC)cc1. The highest BCUT2D eigenvalue weighted by Gasteiger charge is 2.24. The van der Waals surface area contributed by atoms with E-state index in [9.17, 15) is 13.2 Å². The van der Waals surface area contributed by atoms with Gasteiger partial charge in [-0.05, 0) is 54.1 Å². The van der Waals surface area contributed by atoms with Crippen LogP contribution in [0.2, 0.25) is 0 Å². The number of benzene rings is 3. The van der Waals surface area contributed by atoms with E-state index >= 15 is 0 Å². The highest BCUT2D eigenvalue weighted by molar-refractivity contribution is 7.92. The van der Waals surface area contributed by atoms with Crippen LogP contribution in [0.1, 0.15) is 21.5 Å². The maximum absolute atomic E-state index is 13.2. The van der Waals surface area contributed by atoms with Crippen molar-refractivity contribution in [3.8, 4) is 11.8 Å². The molecule has 3 aromatic rings. The third-order valence-electron chi connectivity index (χ3n) is 5.28. The molecule has 0 spiro atoms. The molecule has 0 atom stereocenters. The first kappa shape index (κ1) is 24.6. The van der Waals surface area contributed by atoms with Crippen molar-refractivity contribution in [2.45, 2.75) is 11.4 Å². The average Bonchev–Trinajstić information content (AvgIpc) is 2.88. The summed E-state index contributed by atoms with van der Waals surface area (Å²) in [7, 11) is -0.934. The number of nitriles is 1. The first-order valence-corrected chi connectivity index (χ1v) is 11.9. The van der Waals surface area contributed by atoms with Crippen molar-refractivity contribution in [2.24, 2.45) is 0 Å². The van der Waals surface area contributed by atoms with Crippen LogP contribution in [0.5, 0.6) is 5.75 Å². The van der Waals surface area contributed by atoms with E-state index in [2.05, 4.69) is 12.6 Å². The molecule has 0 aliphatic carbocycles. The Morgan fingerprint density at radius 3 is 2.29 bits per heavy atom. The Kier molecular flexibility index (Phi) is 7.71. The molecule has 0 unspecified atom stereocenters. The topological polar surface area (TPSA) is 90.7 Å². The molecule has 0 N–H and O–H groups in total. The van der Waals surface area contributed by atoms with E-state index in [4.69, 9.17) is 10.00 Å². The number of carbonyl (C=O) groups is 1. The van der Waals surface area contributed by atoms with Crippen molar-refractivity contribution in [2.75, 3.05) is 25.0 Å². The zero-order valence-corrected chi connectivity index (χ0v) is 19.8. The molecule has 34 heavy (non-hydrogen) atoms. The van der Waals surface area contributed by atoms with Crippen molar-refractivity contribution < 1.29 is 17.9 Å². The molecule has 0 fully saturated rings. The first-order chi connectivity index (χ1) is 16.3. The third kappa shape index (κ3) is 5.27. The summed E-state index contributed by atoms with van der Waals surface area (Å²) < 4.78 is 32.7. The summed E-state index contributed by atoms with van der Waals surface area (Å²) in [6, 6.07) is 21.7. The van der Waals surface area contributed by atoms with Crippen LogP contribution in [-0.2, 0) is 16.6 Å². The number of para-hydroxylation sites is 2. The van der Waals surface area contributed by atoms with Gasteiger partial charge in [0.15, 0.2) is 0 Å². The largest absolute Gasteiger partial charge is 0.495 e. The molecule has 0 radical (unpaired) electrons. The maximum Gasteiger partial charge on any atom is 0.264 e. The minimum atomic E-state index is -3.87. The van der Waals surface area contributed by atoms with E-state index in [0.717, 1.165) is 9.87 Å². The van der Waals surface area contributed by atoms with Crippen LogP contribution in [0.15, 0.2) is 90.3 Å². The van der Waals surface area contributed by atoms with E-state index in [-0.39, 0.29) is 10.8 Å². The molecule has 174 valence electrons. The summed E-state index contributed by atoms with van der Waals surface area (Å²) in [6.07, 6.45) is 1.63. The third-order valence-corrected chi connectivity index (χ3v) is 7.06. The van der Waals surface area contributed by atoms with Gasteiger partial charge in [-0.2, -0.15) is 5.26 Å². The van der Waals surface area contributed by atoms with Gasteiger partial charge in [0.1, 0.15) is 5.75 Å². The van der Waals surface area contributed by atoms with Gasteiger partial charge in [0.25, 0.3) is 15.9 Å². The fraction of sp³-hybridized carbons (Fsp3) is 0.154. The number of hydrogen-bond acceptors (Lipinski definition) is 5. The number of anilines is 1. The Balaban J connectivity index is 1.82. The van der Waals surface area contributed by atoms with Gasteiger partial charge in [-0.3, -0.25) is 9.10 Å². The predicted molar refractivity (Wildman–Crippen MR) is 131 cm³/mol. The zero-order chi connectivity index (χ0) is 24.7. The number of carbonyl (C=O) groups excluding carboxylic acids is 1. The molecule has 0 bridgehead atoms. The van der Waals surface area contributed by atoms with E-state index in [0.29, 0.717) is 35.7 Å². The van der Waals surface area contributed by atoms with Gasteiger partial charge in [0, 0.05) is 25.7 Å². The van der Waals surface area contributed by atoms with Crippen molar-refractivity contribution in [1.82, 2.24) is 4.90 Å². The predicted octanol–water partition coefficient (Wildman–Crippen LogP) is 4.22. The molecule has 3 aromatic carbocycles. The Labute approximate surface area is 200 Å². The number of ether oxygens (including phenoxy) is 1. The van der Waals surface area contributed by atoms with Crippen LogP contribution in [-0.4, -0.2) is 39.9 Å². The molecule has 0 aromatic heterocycles. The van der Waals surface area contributed by atoms with E-state index in [1.807, 2.05) is 0 Å². The van der Waals surface area contributed by atoms with Crippen LogP contribution in [0.3, 0.4) is 0 Å². The van der Waals surface area contributed by atoms with Crippen molar-refractivity contribution in [3.05, 3.63) is 102 Å². The summed E-state index contributed by atoms with van der Waals surface area (Å²) >= 11 is 0. The minimum absolute atomic E-state index is 0.0554. The smallest absolute Gasteiger partial charge is 0.264 e. The lowest BCUT2D eigenvalue weighted by Gasteiger charge is -2.23. The van der Waals surface area contributed by atoms with E-state index in [1.54, 1.807) is 59.5 Å². The highest BCUT2D eigenvalue weighted by Crippen LogP contribution is 2.31. The standard InChI is InChI=1S/C26H25N3O4S/c1-4-17-29(19-21-11-9-20(18-27)10-12-21)26(30)22-13-15-23(16-14-22)34(31,32)28(2)24-7-5-6-8-25(24)33-3/h4-16H,1,17,19H2,2-3H3. The fourth-order valence-electron chi connectivity index (χ4n) is 3.41. The minimum Gasteiger partial charge on any atom is -0.495 e. The van der Waals surface area contributed by atoms with Gasteiger partial charge < -0.3 is 9.64 Å². The van der Waals surface area contributed by atoms with E-state index < -0.39 is 10.0 Å². The van der Waals surface area contributed by atoms with E-state index in [1.165, 1.54) is 38.4 Å². The summed E-state index contributed by atoms with van der Waals surface area (Å²) in [5, 5.41) is 8.96. The number of rotatable bonds is 9. The highest BCUT2D eigenvalue weighted by atomic mass is 32.2. The lowest BCUT2D eigenvalue weighted by molar-refractivity contribution is 0.0762. The molecule has 8 heteroatoms. The molecule has 0 saturated carbocycles. The number of hydrogen-bond donors (Lipinski definition) is 0. The molecular weight excluding hydrogens is 450 g/mol. The molecule has 3 rings (SSSR count). The molecule has 0 saturated heterocycles. The summed E-state index contributed by atoms with van der Waals surface area (Å²) in [5.41, 5.74) is 2.17. The van der Waals surface area contributed by atoms with Crippen molar-refractivity contribution in [3.63, 3.8) is 0 Å². The Morgan fingerprint density at radius 2 is 1.71 bits per heavy atom. The number of methoxy groups -OCH3 is 1. The Hall–Kier alpha value is -4.09. The number of amides is 1. The van der Waals surface area contributed by atoms with Crippen LogP contribution in [0.25, 0.3) is 0 Å². The molecular formula is C26H25N3O4S. The van der Waals surface area contributed by atoms with Gasteiger partial charge in [-0.1, -0.05) is 30.3 Å². The Bertz CT molecular complexity index is 1310. The first-order valence-electron chi connectivity index (χ1n) is 10.4. The monoisotopic (exact) mass is 475 g/mol. The maximum atomic E-state index is 13.2. The van der Waals surface area contributed by atoms with Crippen LogP contribution < -0.4 is 9.04 Å². The summed E-state index contributed by atoms with van der Waals surface area (Å²) in [6.45, 7) is 4.36. The number of sulfonamides is 1. The normalized spacial score (nSPS) is 10.7. The van der Waals surface area contributed by atoms with Crippen LogP contribution in [0.4, 0.5) is 5.69 Å². The van der Waals surface area contributed by atoms with Gasteiger partial charge in [0.05, 0.1) is 29.3 Å². The molecule has 0 heterocycles. The summed E-state index contributed by atoms with van der Waals surface area (Å²) in [5.74, 6) is 0.175. The second kappa shape index (κ2) is 10.7. The molecule has 0 aliphatic rings. The fourth-order valence-corrected chi connectivity index (χ4v) is 4.62. The Morgan fingerprint density at radius 1 is 1.06 bits per heavy atom. The van der Waals surface area contributed by atoms with Crippen LogP contribution in [0, 0.1) is 11.3 Å². The second-order valence-electron chi connectivity index (χ2n) is 7.45. The molecule has 1 amide bonds. The zero-order valence-electron chi connectivity index (χ0n) is 19.0. The average molecular weight is 476 g/mol. The van der Waals surface area contributed by atoms with Crippen molar-refractivity contribution >= 4 is 21.6 Å². The molecule has 7 nitrogen and oxygen atoms in total. The lowest BCUT2D eigenvalue weighted by Crippen LogP contribution is -2.31. The van der Waals surface area contributed by atoms with Gasteiger partial charge in [-0.25, -0.2) is 8.42 Å². The van der Waals surface area contributed by atoms with Gasteiger partial charge in [-0.15, -0.1) is 6.58 Å². The quantitative estimate of drug-likeness (QED) is 0.432. The van der Waals surface area contributed by atoms with Crippen LogP contribution >= 0.6 is 0 Å². The lowest BCUT2D eigenvalue weighted by atomic mass is 10.1. The summed E-state index contributed by atoms with van der Waals surface area (Å²) in [4.78, 5) is 14.8. The van der Waals surface area contributed by atoms with Gasteiger partial charge >= 0.3 is 0 Å². The molecule has 0 aliphatic heterocycles.